The van der Waals surface area contributed by atoms with Crippen molar-refractivity contribution in [1.82, 2.24) is 4.72 Å². The third-order valence-electron chi connectivity index (χ3n) is 4.49. The van der Waals surface area contributed by atoms with E-state index in [1.807, 2.05) is 26.0 Å². The highest BCUT2D eigenvalue weighted by Gasteiger charge is 2.27. The van der Waals surface area contributed by atoms with E-state index in [0.717, 1.165) is 24.0 Å². The molecule has 0 bridgehead atoms. The fourth-order valence-corrected chi connectivity index (χ4v) is 4.80. The molecule has 0 saturated heterocycles. The summed E-state index contributed by atoms with van der Waals surface area (Å²) >= 11 is 0. The monoisotopic (exact) mass is 310 g/mol. The van der Waals surface area contributed by atoms with E-state index in [0.29, 0.717) is 23.8 Å². The lowest BCUT2D eigenvalue weighted by molar-refractivity contribution is 0.424. The first-order chi connectivity index (χ1) is 9.97. The van der Waals surface area contributed by atoms with Crippen LogP contribution in [-0.4, -0.2) is 14.5 Å². The Morgan fingerprint density at radius 1 is 1.33 bits per heavy atom. The number of benzene rings is 1. The van der Waals surface area contributed by atoms with Gasteiger partial charge < -0.3 is 5.73 Å². The number of nitrogens with two attached hydrogens (primary N) is 1. The molecule has 1 aromatic rings. The summed E-state index contributed by atoms with van der Waals surface area (Å²) in [6, 6.07) is 5.47. The Labute approximate surface area is 128 Å². The summed E-state index contributed by atoms with van der Waals surface area (Å²) in [4.78, 5) is 0.387. The zero-order chi connectivity index (χ0) is 15.5. The molecule has 0 aromatic heterocycles. The van der Waals surface area contributed by atoms with Gasteiger partial charge in [-0.05, 0) is 49.3 Å². The normalized spacial score (nSPS) is 18.0. The standard InChI is InChI=1S/C16H26N2O2S/c1-3-14-9-8-13(11-17)10-16(14)21(19,20)18-12(2)15-6-4-5-7-15/h8-10,12,15,18H,3-7,11,17H2,1-2H3. The largest absolute Gasteiger partial charge is 0.326 e. The van der Waals surface area contributed by atoms with Crippen LogP contribution in [0, 0.1) is 5.92 Å². The lowest BCUT2D eigenvalue weighted by Crippen LogP contribution is -2.37. The second kappa shape index (κ2) is 6.90. The third-order valence-corrected chi connectivity index (χ3v) is 6.13. The Hall–Kier alpha value is -0.910. The number of rotatable bonds is 6. The maximum atomic E-state index is 12.7. The molecular weight excluding hydrogens is 284 g/mol. The van der Waals surface area contributed by atoms with Gasteiger partial charge in [0.25, 0.3) is 0 Å². The zero-order valence-corrected chi connectivity index (χ0v) is 13.7. The lowest BCUT2D eigenvalue weighted by atomic mass is 10.0. The van der Waals surface area contributed by atoms with Crippen LogP contribution in [0.5, 0.6) is 0 Å². The molecule has 1 aliphatic rings. The van der Waals surface area contributed by atoms with Gasteiger partial charge >= 0.3 is 0 Å². The van der Waals surface area contributed by atoms with Gasteiger partial charge in [0.1, 0.15) is 0 Å². The lowest BCUT2D eigenvalue weighted by Gasteiger charge is -2.21. The van der Waals surface area contributed by atoms with Crippen LogP contribution in [0.1, 0.15) is 50.7 Å². The van der Waals surface area contributed by atoms with Crippen molar-refractivity contribution in [2.45, 2.75) is 63.4 Å². The summed E-state index contributed by atoms with van der Waals surface area (Å²) < 4.78 is 28.3. The summed E-state index contributed by atoms with van der Waals surface area (Å²) in [6.07, 6.45) is 5.35. The predicted molar refractivity (Wildman–Crippen MR) is 85.5 cm³/mol. The second-order valence-electron chi connectivity index (χ2n) is 5.95. The van der Waals surface area contributed by atoms with E-state index in [2.05, 4.69) is 4.72 Å². The minimum Gasteiger partial charge on any atom is -0.326 e. The third kappa shape index (κ3) is 3.84. The van der Waals surface area contributed by atoms with E-state index in [1.54, 1.807) is 6.07 Å². The molecule has 21 heavy (non-hydrogen) atoms. The van der Waals surface area contributed by atoms with Gasteiger partial charge in [-0.3, -0.25) is 0 Å². The molecule has 1 unspecified atom stereocenters. The molecule has 1 aliphatic carbocycles. The minimum absolute atomic E-state index is 0.0104. The van der Waals surface area contributed by atoms with Crippen molar-refractivity contribution in [1.29, 1.82) is 0 Å². The van der Waals surface area contributed by atoms with Crippen LogP contribution < -0.4 is 10.5 Å². The topological polar surface area (TPSA) is 72.2 Å². The fourth-order valence-electron chi connectivity index (χ4n) is 3.13. The van der Waals surface area contributed by atoms with Gasteiger partial charge in [-0.15, -0.1) is 0 Å². The summed E-state index contributed by atoms with van der Waals surface area (Å²) in [5.74, 6) is 0.461. The highest BCUT2D eigenvalue weighted by Crippen LogP contribution is 2.28. The molecule has 1 fully saturated rings. The summed E-state index contributed by atoms with van der Waals surface area (Å²) in [7, 11) is -3.48. The van der Waals surface area contributed by atoms with E-state index in [4.69, 9.17) is 5.73 Å². The summed E-state index contributed by atoms with van der Waals surface area (Å²) in [5, 5.41) is 0. The second-order valence-corrected chi connectivity index (χ2v) is 7.64. The predicted octanol–water partition coefficient (Wildman–Crippen LogP) is 2.56. The molecular formula is C16H26N2O2S. The Balaban J connectivity index is 2.25. The Morgan fingerprint density at radius 2 is 2.00 bits per heavy atom. The van der Waals surface area contributed by atoms with Gasteiger partial charge in [-0.25, -0.2) is 13.1 Å². The molecule has 118 valence electrons. The number of sulfonamides is 1. The first-order valence-electron chi connectivity index (χ1n) is 7.82. The average Bonchev–Trinajstić information content (AvgIpc) is 3.00. The smallest absolute Gasteiger partial charge is 0.241 e. The van der Waals surface area contributed by atoms with Crippen LogP contribution in [0.15, 0.2) is 23.1 Å². The summed E-state index contributed by atoms with van der Waals surface area (Å²) in [5.41, 5.74) is 7.33. The first kappa shape index (κ1) is 16.5. The van der Waals surface area contributed by atoms with Crippen LogP contribution in [0.4, 0.5) is 0 Å². The van der Waals surface area contributed by atoms with E-state index in [1.165, 1.54) is 12.8 Å². The maximum absolute atomic E-state index is 12.7. The fraction of sp³-hybridized carbons (Fsp3) is 0.625. The molecule has 1 saturated carbocycles. The molecule has 0 heterocycles. The molecule has 0 amide bonds. The van der Waals surface area contributed by atoms with Crippen molar-refractivity contribution in [3.8, 4) is 0 Å². The molecule has 4 nitrogen and oxygen atoms in total. The molecule has 0 spiro atoms. The molecule has 3 N–H and O–H groups in total. The van der Waals surface area contributed by atoms with Gasteiger partial charge in [0.05, 0.1) is 4.90 Å². The molecule has 0 radical (unpaired) electrons. The van der Waals surface area contributed by atoms with E-state index in [9.17, 15) is 8.42 Å². The van der Waals surface area contributed by atoms with Crippen molar-refractivity contribution < 1.29 is 8.42 Å². The van der Waals surface area contributed by atoms with Crippen molar-refractivity contribution in [2.75, 3.05) is 0 Å². The zero-order valence-electron chi connectivity index (χ0n) is 12.9. The van der Waals surface area contributed by atoms with Crippen molar-refractivity contribution in [3.05, 3.63) is 29.3 Å². The minimum atomic E-state index is -3.48. The Bertz CT molecular complexity index is 578. The maximum Gasteiger partial charge on any atom is 0.241 e. The molecule has 2 rings (SSSR count). The molecule has 5 heteroatoms. The molecule has 1 aromatic carbocycles. The van der Waals surface area contributed by atoms with Gasteiger partial charge in [0, 0.05) is 12.6 Å². The number of nitrogens with one attached hydrogen (secondary N) is 1. The van der Waals surface area contributed by atoms with Gasteiger partial charge in [-0.2, -0.15) is 0 Å². The van der Waals surface area contributed by atoms with E-state index >= 15 is 0 Å². The van der Waals surface area contributed by atoms with Crippen molar-refractivity contribution in [3.63, 3.8) is 0 Å². The highest BCUT2D eigenvalue weighted by molar-refractivity contribution is 7.89. The Morgan fingerprint density at radius 3 is 2.57 bits per heavy atom. The van der Waals surface area contributed by atoms with Gasteiger partial charge in [-0.1, -0.05) is 31.9 Å². The highest BCUT2D eigenvalue weighted by atomic mass is 32.2. The van der Waals surface area contributed by atoms with Crippen molar-refractivity contribution >= 4 is 10.0 Å². The SMILES string of the molecule is CCc1ccc(CN)cc1S(=O)(=O)NC(C)C1CCCC1. The van der Waals surface area contributed by atoms with Crippen LogP contribution >= 0.6 is 0 Å². The molecule has 1 atom stereocenters. The van der Waals surface area contributed by atoms with Crippen LogP contribution in [0.2, 0.25) is 0 Å². The van der Waals surface area contributed by atoms with Gasteiger partial charge in [0.15, 0.2) is 0 Å². The first-order valence-corrected chi connectivity index (χ1v) is 9.30. The number of hydrogen-bond donors (Lipinski definition) is 2. The summed E-state index contributed by atoms with van der Waals surface area (Å²) in [6.45, 7) is 4.30. The number of hydrogen-bond acceptors (Lipinski definition) is 3. The average molecular weight is 310 g/mol. The quantitative estimate of drug-likeness (QED) is 0.848. The van der Waals surface area contributed by atoms with Gasteiger partial charge in [0.2, 0.25) is 10.0 Å². The Kier molecular flexibility index (Phi) is 5.41. The van der Waals surface area contributed by atoms with E-state index in [-0.39, 0.29) is 6.04 Å². The molecule has 0 aliphatic heterocycles. The van der Waals surface area contributed by atoms with Crippen molar-refractivity contribution in [2.24, 2.45) is 11.7 Å². The van der Waals surface area contributed by atoms with Crippen LogP contribution in [-0.2, 0) is 23.0 Å². The van der Waals surface area contributed by atoms with Crippen LogP contribution in [0.25, 0.3) is 0 Å². The number of aryl methyl sites for hydroxylation is 1. The van der Waals surface area contributed by atoms with E-state index < -0.39 is 10.0 Å². The van der Waals surface area contributed by atoms with Crippen LogP contribution in [0.3, 0.4) is 0 Å².